The average Bonchev–Trinajstić information content (AvgIpc) is 3.17. The maximum atomic E-state index is 12.8. The van der Waals surface area contributed by atoms with E-state index in [4.69, 9.17) is 9.72 Å². The monoisotopic (exact) mass is 420 g/mol. The number of aryl methyl sites for hydroxylation is 2. The number of piperidine rings is 1. The van der Waals surface area contributed by atoms with Crippen LogP contribution in [0, 0.1) is 13.8 Å². The zero-order valence-corrected chi connectivity index (χ0v) is 18.2. The van der Waals surface area contributed by atoms with E-state index >= 15 is 0 Å². The SMILES string of the molecule is CCOC(=O)c1ccc(NC(=O)N2CCC[C@@H](c3nc4cc(C)c(C)cc4[nH]3)C2)cc1. The molecule has 7 heteroatoms. The van der Waals surface area contributed by atoms with Crippen LogP contribution in [0.4, 0.5) is 10.5 Å². The predicted molar refractivity (Wildman–Crippen MR) is 121 cm³/mol. The minimum absolute atomic E-state index is 0.142. The molecule has 0 unspecified atom stereocenters. The standard InChI is InChI=1S/C24H28N4O3/c1-4-31-23(29)17-7-9-19(10-8-17)25-24(30)28-11-5-6-18(14-28)22-26-20-12-15(2)16(3)13-21(20)27-22/h7-10,12-13,18H,4-6,11,14H2,1-3H3,(H,25,30)(H,26,27)/t18-/m1/s1. The summed E-state index contributed by atoms with van der Waals surface area (Å²) in [6.07, 6.45) is 1.92. The largest absolute Gasteiger partial charge is 0.462 e. The van der Waals surface area contributed by atoms with E-state index in [1.165, 1.54) is 11.1 Å². The zero-order valence-electron chi connectivity index (χ0n) is 18.2. The van der Waals surface area contributed by atoms with Gasteiger partial charge in [-0.3, -0.25) is 0 Å². The number of fused-ring (bicyclic) bond motifs is 1. The molecule has 31 heavy (non-hydrogen) atoms. The van der Waals surface area contributed by atoms with Gasteiger partial charge in [0.25, 0.3) is 0 Å². The van der Waals surface area contributed by atoms with Crippen molar-refractivity contribution in [1.82, 2.24) is 14.9 Å². The van der Waals surface area contributed by atoms with Crippen molar-refractivity contribution in [3.05, 3.63) is 58.9 Å². The smallest absolute Gasteiger partial charge is 0.338 e. The first kappa shape index (κ1) is 20.9. The van der Waals surface area contributed by atoms with Crippen LogP contribution in [-0.4, -0.2) is 46.6 Å². The Morgan fingerprint density at radius 3 is 2.68 bits per heavy atom. The molecule has 1 saturated heterocycles. The molecule has 1 atom stereocenters. The van der Waals surface area contributed by atoms with Gasteiger partial charge in [0.2, 0.25) is 0 Å². The van der Waals surface area contributed by atoms with Crippen LogP contribution in [0.3, 0.4) is 0 Å². The number of nitrogens with zero attached hydrogens (tertiary/aromatic N) is 2. The molecule has 2 aromatic carbocycles. The van der Waals surface area contributed by atoms with E-state index in [-0.39, 0.29) is 17.9 Å². The molecule has 1 aliphatic heterocycles. The summed E-state index contributed by atoms with van der Waals surface area (Å²) in [6, 6.07) is 10.9. The quantitative estimate of drug-likeness (QED) is 0.595. The number of H-pyrrole nitrogens is 1. The molecule has 1 aliphatic rings. The van der Waals surface area contributed by atoms with Gasteiger partial charge in [0, 0.05) is 24.7 Å². The Labute approximate surface area is 181 Å². The number of rotatable bonds is 4. The van der Waals surface area contributed by atoms with Crippen LogP contribution in [0.15, 0.2) is 36.4 Å². The van der Waals surface area contributed by atoms with Crippen LogP contribution < -0.4 is 5.32 Å². The fourth-order valence-electron chi connectivity index (χ4n) is 3.97. The normalized spacial score (nSPS) is 16.4. The molecule has 1 fully saturated rings. The van der Waals surface area contributed by atoms with Gasteiger partial charge in [-0.2, -0.15) is 0 Å². The molecule has 2 heterocycles. The van der Waals surface area contributed by atoms with Gasteiger partial charge >= 0.3 is 12.0 Å². The van der Waals surface area contributed by atoms with E-state index in [1.54, 1.807) is 31.2 Å². The Bertz CT molecular complexity index is 1060. The fraction of sp³-hybridized carbons (Fsp3) is 0.375. The number of esters is 1. The van der Waals surface area contributed by atoms with E-state index in [0.717, 1.165) is 29.7 Å². The van der Waals surface area contributed by atoms with E-state index in [2.05, 4.69) is 36.3 Å². The Kier molecular flexibility index (Phi) is 5.93. The van der Waals surface area contributed by atoms with Crippen LogP contribution in [0.2, 0.25) is 0 Å². The van der Waals surface area contributed by atoms with Crippen LogP contribution in [0.25, 0.3) is 11.0 Å². The third kappa shape index (κ3) is 4.55. The Morgan fingerprint density at radius 1 is 1.19 bits per heavy atom. The molecule has 0 bridgehead atoms. The molecule has 3 aromatic rings. The van der Waals surface area contributed by atoms with Crippen molar-refractivity contribution in [3.63, 3.8) is 0 Å². The van der Waals surface area contributed by atoms with Crippen LogP contribution >= 0.6 is 0 Å². The number of likely N-dealkylation sites (tertiary alicyclic amines) is 1. The third-order valence-electron chi connectivity index (χ3n) is 5.86. The highest BCUT2D eigenvalue weighted by molar-refractivity contribution is 5.92. The van der Waals surface area contributed by atoms with Gasteiger partial charge in [-0.05, 0) is 81.1 Å². The van der Waals surface area contributed by atoms with Crippen LogP contribution in [-0.2, 0) is 4.74 Å². The number of aromatic nitrogens is 2. The molecule has 0 aliphatic carbocycles. The first-order valence-electron chi connectivity index (χ1n) is 10.7. The summed E-state index contributed by atoms with van der Waals surface area (Å²) in [5.41, 5.74) is 5.59. The third-order valence-corrected chi connectivity index (χ3v) is 5.86. The van der Waals surface area contributed by atoms with Crippen molar-refractivity contribution in [2.45, 2.75) is 39.5 Å². The lowest BCUT2D eigenvalue weighted by Crippen LogP contribution is -2.41. The van der Waals surface area contributed by atoms with Crippen molar-refractivity contribution in [1.29, 1.82) is 0 Å². The van der Waals surface area contributed by atoms with Gasteiger partial charge in [-0.1, -0.05) is 0 Å². The lowest BCUT2D eigenvalue weighted by Gasteiger charge is -2.31. The van der Waals surface area contributed by atoms with Crippen molar-refractivity contribution in [3.8, 4) is 0 Å². The highest BCUT2D eigenvalue weighted by Gasteiger charge is 2.27. The van der Waals surface area contributed by atoms with Crippen molar-refractivity contribution in [2.75, 3.05) is 25.0 Å². The number of anilines is 1. The maximum Gasteiger partial charge on any atom is 0.338 e. The highest BCUT2D eigenvalue weighted by atomic mass is 16.5. The Balaban J connectivity index is 1.42. The lowest BCUT2D eigenvalue weighted by atomic mass is 9.97. The molecule has 0 spiro atoms. The summed E-state index contributed by atoms with van der Waals surface area (Å²) in [5.74, 6) is 0.755. The van der Waals surface area contributed by atoms with E-state index < -0.39 is 0 Å². The van der Waals surface area contributed by atoms with Gasteiger partial charge in [-0.15, -0.1) is 0 Å². The fourth-order valence-corrected chi connectivity index (χ4v) is 3.97. The minimum atomic E-state index is -0.365. The highest BCUT2D eigenvalue weighted by Crippen LogP contribution is 2.28. The minimum Gasteiger partial charge on any atom is -0.462 e. The number of benzene rings is 2. The number of imidazole rings is 1. The van der Waals surface area contributed by atoms with Gasteiger partial charge in [0.15, 0.2) is 0 Å². The summed E-state index contributed by atoms with van der Waals surface area (Å²) in [5, 5.41) is 2.93. The molecule has 4 rings (SSSR count). The lowest BCUT2D eigenvalue weighted by molar-refractivity contribution is 0.0526. The van der Waals surface area contributed by atoms with Gasteiger partial charge in [-0.25, -0.2) is 14.6 Å². The molecular weight excluding hydrogens is 392 g/mol. The molecule has 162 valence electrons. The first-order valence-corrected chi connectivity index (χ1v) is 10.7. The van der Waals surface area contributed by atoms with E-state index in [1.807, 2.05) is 4.90 Å². The average molecular weight is 421 g/mol. The number of amides is 2. The number of urea groups is 1. The maximum absolute atomic E-state index is 12.8. The molecule has 7 nitrogen and oxygen atoms in total. The molecular formula is C24H28N4O3. The Hall–Kier alpha value is -3.35. The van der Waals surface area contributed by atoms with E-state index in [9.17, 15) is 9.59 Å². The summed E-state index contributed by atoms with van der Waals surface area (Å²) in [4.78, 5) is 34.7. The number of nitrogens with one attached hydrogen (secondary N) is 2. The second-order valence-corrected chi connectivity index (χ2v) is 8.09. The van der Waals surface area contributed by atoms with Crippen LogP contribution in [0.5, 0.6) is 0 Å². The predicted octanol–water partition coefficient (Wildman–Crippen LogP) is 4.77. The van der Waals surface area contributed by atoms with Crippen molar-refractivity contribution >= 4 is 28.7 Å². The summed E-state index contributed by atoms with van der Waals surface area (Å²) in [7, 11) is 0. The topological polar surface area (TPSA) is 87.3 Å². The molecule has 1 aromatic heterocycles. The van der Waals surface area contributed by atoms with Crippen LogP contribution in [0.1, 0.15) is 53.0 Å². The van der Waals surface area contributed by atoms with Crippen molar-refractivity contribution in [2.24, 2.45) is 0 Å². The summed E-state index contributed by atoms with van der Waals surface area (Å²) in [6.45, 7) is 7.62. The first-order chi connectivity index (χ1) is 14.9. The summed E-state index contributed by atoms with van der Waals surface area (Å²) < 4.78 is 4.99. The summed E-state index contributed by atoms with van der Waals surface area (Å²) >= 11 is 0. The number of carbonyl (C=O) groups is 2. The molecule has 2 amide bonds. The molecule has 0 saturated carbocycles. The molecule has 0 radical (unpaired) electrons. The molecule has 2 N–H and O–H groups in total. The second-order valence-electron chi connectivity index (χ2n) is 8.09. The van der Waals surface area contributed by atoms with Gasteiger partial charge in [0.1, 0.15) is 5.82 Å². The number of ether oxygens (including phenoxy) is 1. The number of carbonyl (C=O) groups excluding carboxylic acids is 2. The zero-order chi connectivity index (χ0) is 22.0. The number of hydrogen-bond acceptors (Lipinski definition) is 4. The van der Waals surface area contributed by atoms with Crippen molar-refractivity contribution < 1.29 is 14.3 Å². The van der Waals surface area contributed by atoms with Gasteiger partial charge < -0.3 is 19.9 Å². The number of aromatic amines is 1. The van der Waals surface area contributed by atoms with Gasteiger partial charge in [0.05, 0.1) is 23.2 Å². The second kappa shape index (κ2) is 8.79. The Morgan fingerprint density at radius 2 is 1.94 bits per heavy atom. The van der Waals surface area contributed by atoms with E-state index in [0.29, 0.717) is 30.9 Å². The number of hydrogen-bond donors (Lipinski definition) is 2.